The smallest absolute Gasteiger partial charge is 0.292 e. The second kappa shape index (κ2) is 9.73. The van der Waals surface area contributed by atoms with E-state index in [1.165, 1.54) is 0 Å². The van der Waals surface area contributed by atoms with Crippen molar-refractivity contribution in [1.29, 1.82) is 0 Å². The Labute approximate surface area is 193 Å². The van der Waals surface area contributed by atoms with E-state index in [0.29, 0.717) is 31.9 Å². The molecule has 33 heavy (non-hydrogen) atoms. The van der Waals surface area contributed by atoms with Crippen molar-refractivity contribution < 1.29 is 9.72 Å². The first-order valence-corrected chi connectivity index (χ1v) is 11.1. The van der Waals surface area contributed by atoms with E-state index in [2.05, 4.69) is 10.2 Å². The molecule has 1 heterocycles. The molecule has 1 unspecified atom stereocenters. The SMILES string of the molecule is Cc1ccccc1C(=O)N1CCN(c2ccc([N+](=O)[O-])c(NC(C)c3ccccc3)c2)CC1. The van der Waals surface area contributed by atoms with Crippen LogP contribution >= 0.6 is 0 Å². The molecule has 170 valence electrons. The minimum Gasteiger partial charge on any atom is -0.373 e. The largest absolute Gasteiger partial charge is 0.373 e. The van der Waals surface area contributed by atoms with Crippen molar-refractivity contribution in [2.75, 3.05) is 36.4 Å². The Balaban J connectivity index is 1.48. The molecule has 1 amide bonds. The number of rotatable bonds is 6. The van der Waals surface area contributed by atoms with E-state index in [0.717, 1.165) is 22.4 Å². The Morgan fingerprint density at radius 1 is 0.970 bits per heavy atom. The number of carbonyl (C=O) groups is 1. The highest BCUT2D eigenvalue weighted by Crippen LogP contribution is 2.33. The first-order valence-electron chi connectivity index (χ1n) is 11.1. The van der Waals surface area contributed by atoms with Crippen LogP contribution in [-0.4, -0.2) is 41.9 Å². The van der Waals surface area contributed by atoms with E-state index < -0.39 is 0 Å². The summed E-state index contributed by atoms with van der Waals surface area (Å²) in [6, 6.07) is 22.6. The lowest BCUT2D eigenvalue weighted by Crippen LogP contribution is -2.49. The number of carbonyl (C=O) groups excluding carboxylic acids is 1. The molecular weight excluding hydrogens is 416 g/mol. The highest BCUT2D eigenvalue weighted by Gasteiger charge is 2.25. The molecule has 1 N–H and O–H groups in total. The normalized spacial score (nSPS) is 14.6. The number of nitrogens with zero attached hydrogens (tertiary/aromatic N) is 3. The van der Waals surface area contributed by atoms with E-state index in [1.54, 1.807) is 12.1 Å². The molecule has 1 aliphatic rings. The third kappa shape index (κ3) is 4.98. The summed E-state index contributed by atoms with van der Waals surface area (Å²) in [7, 11) is 0. The summed E-state index contributed by atoms with van der Waals surface area (Å²) < 4.78 is 0. The molecule has 0 saturated carbocycles. The first kappa shape index (κ1) is 22.3. The van der Waals surface area contributed by atoms with Crippen LogP contribution in [0.15, 0.2) is 72.8 Å². The number of nitro groups is 1. The van der Waals surface area contributed by atoms with Crippen molar-refractivity contribution in [1.82, 2.24) is 4.90 Å². The molecule has 4 rings (SSSR count). The van der Waals surface area contributed by atoms with Crippen molar-refractivity contribution >= 4 is 23.0 Å². The van der Waals surface area contributed by atoms with Gasteiger partial charge in [0.1, 0.15) is 5.69 Å². The van der Waals surface area contributed by atoms with Crippen molar-refractivity contribution in [3.8, 4) is 0 Å². The van der Waals surface area contributed by atoms with Gasteiger partial charge in [0.05, 0.1) is 4.92 Å². The molecule has 1 saturated heterocycles. The van der Waals surface area contributed by atoms with Crippen molar-refractivity contribution in [2.24, 2.45) is 0 Å². The first-order chi connectivity index (χ1) is 15.9. The van der Waals surface area contributed by atoms with Crippen LogP contribution in [0.3, 0.4) is 0 Å². The van der Waals surface area contributed by atoms with Crippen LogP contribution in [0, 0.1) is 17.0 Å². The van der Waals surface area contributed by atoms with E-state index >= 15 is 0 Å². The van der Waals surface area contributed by atoms with Crippen molar-refractivity contribution in [3.05, 3.63) is 99.6 Å². The molecule has 0 bridgehead atoms. The molecule has 3 aromatic rings. The predicted molar refractivity (Wildman–Crippen MR) is 131 cm³/mol. The zero-order valence-electron chi connectivity index (χ0n) is 18.9. The molecule has 0 spiro atoms. The third-order valence-corrected chi connectivity index (χ3v) is 6.16. The molecule has 1 atom stereocenters. The topological polar surface area (TPSA) is 78.7 Å². The van der Waals surface area contributed by atoms with Gasteiger partial charge >= 0.3 is 0 Å². The van der Waals surface area contributed by atoms with Crippen molar-refractivity contribution in [2.45, 2.75) is 19.9 Å². The van der Waals surface area contributed by atoms with Gasteiger partial charge in [-0.25, -0.2) is 0 Å². The molecule has 7 nitrogen and oxygen atoms in total. The molecule has 7 heteroatoms. The average molecular weight is 445 g/mol. The number of piperazine rings is 1. The van der Waals surface area contributed by atoms with E-state index in [-0.39, 0.29) is 22.6 Å². The molecule has 1 fully saturated rings. The fraction of sp³-hybridized carbons (Fsp3) is 0.269. The zero-order valence-corrected chi connectivity index (χ0v) is 18.9. The number of hydrogen-bond donors (Lipinski definition) is 1. The van der Waals surface area contributed by atoms with Crippen LogP contribution in [0.5, 0.6) is 0 Å². The monoisotopic (exact) mass is 444 g/mol. The molecule has 0 aromatic heterocycles. The van der Waals surface area contributed by atoms with Gasteiger partial charge in [-0.2, -0.15) is 0 Å². The number of hydrogen-bond acceptors (Lipinski definition) is 5. The summed E-state index contributed by atoms with van der Waals surface area (Å²) in [6.07, 6.45) is 0. The summed E-state index contributed by atoms with van der Waals surface area (Å²) in [6.45, 7) is 6.49. The predicted octanol–water partition coefficient (Wildman–Crippen LogP) is 5.04. The zero-order chi connectivity index (χ0) is 23.4. The Hall–Kier alpha value is -3.87. The minimum atomic E-state index is -0.359. The quantitative estimate of drug-likeness (QED) is 0.426. The molecular formula is C26H28N4O3. The number of nitro benzene ring substituents is 1. The average Bonchev–Trinajstić information content (AvgIpc) is 2.84. The fourth-order valence-corrected chi connectivity index (χ4v) is 4.20. The summed E-state index contributed by atoms with van der Waals surface area (Å²) in [5.41, 5.74) is 4.22. The van der Waals surface area contributed by atoms with Gasteiger partial charge in [0.25, 0.3) is 11.6 Å². The molecule has 1 aliphatic heterocycles. The van der Waals surface area contributed by atoms with Gasteiger partial charge in [0.2, 0.25) is 0 Å². The van der Waals surface area contributed by atoms with Gasteiger partial charge in [0.15, 0.2) is 0 Å². The number of benzene rings is 3. The van der Waals surface area contributed by atoms with E-state index in [1.807, 2.05) is 79.4 Å². The van der Waals surface area contributed by atoms with E-state index in [9.17, 15) is 14.9 Å². The van der Waals surface area contributed by atoms with Gasteiger partial charge in [-0.1, -0.05) is 48.5 Å². The summed E-state index contributed by atoms with van der Waals surface area (Å²) in [5.74, 6) is 0.0514. The maximum atomic E-state index is 12.9. The summed E-state index contributed by atoms with van der Waals surface area (Å²) in [5, 5.41) is 14.9. The van der Waals surface area contributed by atoms with Crippen LogP contribution < -0.4 is 10.2 Å². The lowest BCUT2D eigenvalue weighted by Gasteiger charge is -2.36. The van der Waals surface area contributed by atoms with Gasteiger partial charge in [-0.15, -0.1) is 0 Å². The summed E-state index contributed by atoms with van der Waals surface area (Å²) >= 11 is 0. The Morgan fingerprint density at radius 3 is 2.30 bits per heavy atom. The second-order valence-electron chi connectivity index (χ2n) is 8.33. The van der Waals surface area contributed by atoms with Gasteiger partial charge < -0.3 is 15.1 Å². The van der Waals surface area contributed by atoms with Crippen LogP contribution in [-0.2, 0) is 0 Å². The second-order valence-corrected chi connectivity index (χ2v) is 8.33. The number of nitrogens with one attached hydrogen (secondary N) is 1. The van der Waals surface area contributed by atoms with Gasteiger partial charge in [-0.05, 0) is 43.2 Å². The Kier molecular flexibility index (Phi) is 6.58. The maximum Gasteiger partial charge on any atom is 0.292 e. The molecule has 0 radical (unpaired) electrons. The minimum absolute atomic E-state index is 0.0508. The highest BCUT2D eigenvalue weighted by atomic mass is 16.6. The fourth-order valence-electron chi connectivity index (χ4n) is 4.20. The molecule has 3 aromatic carbocycles. The van der Waals surface area contributed by atoms with Gasteiger partial charge in [-0.3, -0.25) is 14.9 Å². The van der Waals surface area contributed by atoms with Crippen molar-refractivity contribution in [3.63, 3.8) is 0 Å². The van der Waals surface area contributed by atoms with Crippen LogP contribution in [0.1, 0.15) is 34.5 Å². The van der Waals surface area contributed by atoms with Crippen LogP contribution in [0.4, 0.5) is 17.1 Å². The summed E-state index contributed by atoms with van der Waals surface area (Å²) in [4.78, 5) is 28.2. The molecule has 0 aliphatic carbocycles. The van der Waals surface area contributed by atoms with Crippen LogP contribution in [0.2, 0.25) is 0 Å². The Morgan fingerprint density at radius 2 is 1.64 bits per heavy atom. The van der Waals surface area contributed by atoms with Gasteiger partial charge in [0, 0.05) is 49.5 Å². The number of amides is 1. The lowest BCUT2D eigenvalue weighted by atomic mass is 10.1. The third-order valence-electron chi connectivity index (χ3n) is 6.16. The van der Waals surface area contributed by atoms with Crippen LogP contribution in [0.25, 0.3) is 0 Å². The number of aryl methyl sites for hydroxylation is 1. The standard InChI is InChI=1S/C26H28N4O3/c1-19-8-6-7-11-23(19)26(31)29-16-14-28(15-17-29)22-12-13-25(30(32)33)24(18-22)27-20(2)21-9-4-3-5-10-21/h3-13,18,20,27H,14-17H2,1-2H3. The van der Waals surface area contributed by atoms with E-state index in [4.69, 9.17) is 0 Å². The number of anilines is 2. The highest BCUT2D eigenvalue weighted by molar-refractivity contribution is 5.95. The lowest BCUT2D eigenvalue weighted by molar-refractivity contribution is -0.384. The maximum absolute atomic E-state index is 12.9. The Bertz CT molecular complexity index is 1140.